The molecule has 0 radical (unpaired) electrons. The molecule has 1 N–H and O–H groups in total. The van der Waals surface area contributed by atoms with E-state index < -0.39 is 26.6 Å². The van der Waals surface area contributed by atoms with Gasteiger partial charge in [0.05, 0.1) is 5.69 Å². The predicted octanol–water partition coefficient (Wildman–Crippen LogP) is 4.18. The second-order valence-corrected chi connectivity index (χ2v) is 6.84. The Labute approximate surface area is 127 Å². The standard InChI is InChI=1S/C12H7BrClF2NO2S/c13-7-1-2-12(11(16)3-7)20(18,19)17-10-5-8(14)4-9(15)6-10/h1-6,17H. The summed E-state index contributed by atoms with van der Waals surface area (Å²) in [5, 5.41) is 0.0268. The first-order chi connectivity index (χ1) is 9.28. The minimum absolute atomic E-state index is 0.0268. The number of hydrogen-bond donors (Lipinski definition) is 1. The molecule has 0 aliphatic carbocycles. The molecule has 3 nitrogen and oxygen atoms in total. The molecule has 2 aromatic rings. The highest BCUT2D eigenvalue weighted by atomic mass is 79.9. The van der Waals surface area contributed by atoms with Crippen molar-refractivity contribution in [1.29, 1.82) is 0 Å². The molecule has 0 saturated heterocycles. The molecule has 0 spiro atoms. The summed E-state index contributed by atoms with van der Waals surface area (Å²) in [5.41, 5.74) is -0.0858. The number of hydrogen-bond acceptors (Lipinski definition) is 2. The van der Waals surface area contributed by atoms with Gasteiger partial charge in [0.1, 0.15) is 16.5 Å². The molecule has 8 heteroatoms. The molecule has 0 amide bonds. The fourth-order valence-electron chi connectivity index (χ4n) is 1.52. The van der Waals surface area contributed by atoms with Crippen molar-refractivity contribution in [3.63, 3.8) is 0 Å². The van der Waals surface area contributed by atoms with Gasteiger partial charge in [-0.1, -0.05) is 27.5 Å². The largest absolute Gasteiger partial charge is 0.279 e. The topological polar surface area (TPSA) is 46.2 Å². The van der Waals surface area contributed by atoms with Crippen molar-refractivity contribution in [2.24, 2.45) is 0 Å². The smallest absolute Gasteiger partial charge is 0.264 e. The summed E-state index contributed by atoms with van der Waals surface area (Å²) in [7, 11) is -4.17. The molecule has 0 aliphatic rings. The van der Waals surface area contributed by atoms with Gasteiger partial charge in [-0.05, 0) is 36.4 Å². The van der Waals surface area contributed by atoms with E-state index in [4.69, 9.17) is 11.6 Å². The van der Waals surface area contributed by atoms with Gasteiger partial charge in [0.25, 0.3) is 10.0 Å². The molecule has 0 fully saturated rings. The van der Waals surface area contributed by atoms with Crippen molar-refractivity contribution < 1.29 is 17.2 Å². The summed E-state index contributed by atoms with van der Waals surface area (Å²) < 4.78 is 53.3. The van der Waals surface area contributed by atoms with Gasteiger partial charge in [0, 0.05) is 9.50 Å². The quantitative estimate of drug-likeness (QED) is 0.865. The van der Waals surface area contributed by atoms with Gasteiger partial charge in [-0.25, -0.2) is 17.2 Å². The van der Waals surface area contributed by atoms with E-state index in [1.165, 1.54) is 12.1 Å². The Morgan fingerprint density at radius 1 is 1.10 bits per heavy atom. The van der Waals surface area contributed by atoms with Crippen LogP contribution in [0, 0.1) is 11.6 Å². The molecule has 20 heavy (non-hydrogen) atoms. The van der Waals surface area contributed by atoms with Gasteiger partial charge in [0.2, 0.25) is 0 Å². The van der Waals surface area contributed by atoms with Crippen LogP contribution >= 0.6 is 27.5 Å². The lowest BCUT2D eigenvalue weighted by molar-refractivity contribution is 0.570. The van der Waals surface area contributed by atoms with Gasteiger partial charge < -0.3 is 0 Å². The van der Waals surface area contributed by atoms with Crippen LogP contribution in [-0.4, -0.2) is 8.42 Å². The van der Waals surface area contributed by atoms with Crippen molar-refractivity contribution in [2.75, 3.05) is 4.72 Å². The van der Waals surface area contributed by atoms with Crippen molar-refractivity contribution in [2.45, 2.75) is 4.90 Å². The number of rotatable bonds is 3. The van der Waals surface area contributed by atoms with Crippen LogP contribution in [0.2, 0.25) is 5.02 Å². The third-order valence-electron chi connectivity index (χ3n) is 2.30. The summed E-state index contributed by atoms with van der Waals surface area (Å²) >= 11 is 8.65. The van der Waals surface area contributed by atoms with E-state index in [9.17, 15) is 17.2 Å². The predicted molar refractivity (Wildman–Crippen MR) is 76.3 cm³/mol. The second kappa shape index (κ2) is 5.67. The summed E-state index contributed by atoms with van der Waals surface area (Å²) in [6, 6.07) is 6.70. The molecule has 0 aliphatic heterocycles. The van der Waals surface area contributed by atoms with Gasteiger partial charge >= 0.3 is 0 Å². The zero-order valence-corrected chi connectivity index (χ0v) is 12.9. The van der Waals surface area contributed by atoms with Crippen LogP contribution in [0.15, 0.2) is 45.8 Å². The molecule has 0 unspecified atom stereocenters. The van der Waals surface area contributed by atoms with Crippen molar-refractivity contribution in [1.82, 2.24) is 0 Å². The normalized spacial score (nSPS) is 11.4. The molecular formula is C12H7BrClF2NO2S. The molecule has 2 aromatic carbocycles. The van der Waals surface area contributed by atoms with Crippen LogP contribution in [0.3, 0.4) is 0 Å². The van der Waals surface area contributed by atoms with E-state index in [-0.39, 0.29) is 10.7 Å². The van der Waals surface area contributed by atoms with E-state index in [2.05, 4.69) is 20.7 Å². The Morgan fingerprint density at radius 3 is 2.40 bits per heavy atom. The van der Waals surface area contributed by atoms with Crippen molar-refractivity contribution in [3.05, 3.63) is 57.5 Å². The molecule has 2 rings (SSSR count). The maximum Gasteiger partial charge on any atom is 0.264 e. The van der Waals surface area contributed by atoms with Crippen LogP contribution < -0.4 is 4.72 Å². The van der Waals surface area contributed by atoms with E-state index in [1.807, 2.05) is 0 Å². The minimum atomic E-state index is -4.17. The first-order valence-corrected chi connectivity index (χ1v) is 7.87. The van der Waals surface area contributed by atoms with Crippen LogP contribution in [0.5, 0.6) is 0 Å². The number of benzene rings is 2. The van der Waals surface area contributed by atoms with Crippen LogP contribution in [0.4, 0.5) is 14.5 Å². The Balaban J connectivity index is 2.40. The average Bonchev–Trinajstić information content (AvgIpc) is 2.25. The molecule has 106 valence electrons. The lowest BCUT2D eigenvalue weighted by atomic mass is 10.3. The number of anilines is 1. The highest BCUT2D eigenvalue weighted by Crippen LogP contribution is 2.24. The molecule has 0 bridgehead atoms. The fraction of sp³-hybridized carbons (Fsp3) is 0. The van der Waals surface area contributed by atoms with Gasteiger partial charge in [-0.2, -0.15) is 0 Å². The highest BCUT2D eigenvalue weighted by molar-refractivity contribution is 9.10. The maximum atomic E-state index is 13.7. The van der Waals surface area contributed by atoms with E-state index in [0.717, 1.165) is 24.3 Å². The third-order valence-corrected chi connectivity index (χ3v) is 4.42. The maximum absolute atomic E-state index is 13.7. The second-order valence-electron chi connectivity index (χ2n) is 3.84. The molecule has 0 saturated carbocycles. The minimum Gasteiger partial charge on any atom is -0.279 e. The SMILES string of the molecule is O=S(=O)(Nc1cc(F)cc(Cl)c1)c1ccc(Br)cc1F. The van der Waals surface area contributed by atoms with E-state index >= 15 is 0 Å². The molecular weight excluding hydrogens is 376 g/mol. The highest BCUT2D eigenvalue weighted by Gasteiger charge is 2.19. The van der Waals surface area contributed by atoms with Crippen molar-refractivity contribution >= 4 is 43.2 Å². The van der Waals surface area contributed by atoms with Gasteiger partial charge in [-0.3, -0.25) is 4.72 Å². The molecule has 0 aromatic heterocycles. The first kappa shape index (κ1) is 15.2. The first-order valence-electron chi connectivity index (χ1n) is 5.22. The monoisotopic (exact) mass is 381 g/mol. The molecule has 0 heterocycles. The summed E-state index contributed by atoms with van der Waals surface area (Å²) in [6.07, 6.45) is 0. The Bertz CT molecular complexity index is 748. The number of nitrogens with one attached hydrogen (secondary N) is 1. The fourth-order valence-corrected chi connectivity index (χ4v) is 3.17. The Kier molecular flexibility index (Phi) is 4.31. The zero-order chi connectivity index (χ0) is 14.9. The van der Waals surface area contributed by atoms with Crippen molar-refractivity contribution in [3.8, 4) is 0 Å². The number of sulfonamides is 1. The lowest BCUT2D eigenvalue weighted by Gasteiger charge is -2.09. The van der Waals surface area contributed by atoms with Crippen LogP contribution in [0.25, 0.3) is 0 Å². The summed E-state index contributed by atoms with van der Waals surface area (Å²) in [4.78, 5) is -0.541. The van der Waals surface area contributed by atoms with Gasteiger partial charge in [0.15, 0.2) is 0 Å². The molecule has 0 atom stereocenters. The van der Waals surface area contributed by atoms with Gasteiger partial charge in [-0.15, -0.1) is 0 Å². The summed E-state index contributed by atoms with van der Waals surface area (Å²) in [5.74, 6) is -1.62. The lowest BCUT2D eigenvalue weighted by Crippen LogP contribution is -2.14. The van der Waals surface area contributed by atoms with E-state index in [1.54, 1.807) is 0 Å². The average molecular weight is 383 g/mol. The van der Waals surface area contributed by atoms with Crippen LogP contribution in [0.1, 0.15) is 0 Å². The van der Waals surface area contributed by atoms with Crippen LogP contribution in [-0.2, 0) is 10.0 Å². The zero-order valence-electron chi connectivity index (χ0n) is 9.70. The Hall–Kier alpha value is -1.18. The number of halogens is 4. The Morgan fingerprint density at radius 2 is 1.80 bits per heavy atom. The van der Waals surface area contributed by atoms with E-state index in [0.29, 0.717) is 4.47 Å². The third kappa shape index (κ3) is 3.47. The summed E-state index contributed by atoms with van der Waals surface area (Å²) in [6.45, 7) is 0.